The van der Waals surface area contributed by atoms with Crippen molar-refractivity contribution in [3.05, 3.63) is 65.7 Å². The van der Waals surface area contributed by atoms with E-state index in [-0.39, 0.29) is 18.4 Å². The van der Waals surface area contributed by atoms with E-state index in [0.717, 1.165) is 12.2 Å². The van der Waals surface area contributed by atoms with Gasteiger partial charge in [0.25, 0.3) is 0 Å². The fraction of sp³-hybridized carbons (Fsp3) is 0.368. The third kappa shape index (κ3) is 6.61. The Balaban J connectivity index is 0.00000264. The van der Waals surface area contributed by atoms with E-state index in [1.165, 1.54) is 11.1 Å². The Hall–Kier alpha value is -1.55. The van der Waals surface area contributed by atoms with Gasteiger partial charge < -0.3 is 15.2 Å². The average molecular weight is 336 g/mol. The smallest absolute Gasteiger partial charge is 0.119 e. The molecular formula is C19H26ClNO2. The second kappa shape index (κ2) is 10.3. The van der Waals surface area contributed by atoms with E-state index < -0.39 is 6.10 Å². The molecule has 2 rings (SSSR count). The standard InChI is InChI=1S/C19H25NO2.ClH/c1-3-16-9-11-19(12-10-16)22-14-18(21)13-20-15(2)17-7-5-4-6-8-17;/h4-12,15,18,20-21H,3,13-14H2,1-2H3;1H. The van der Waals surface area contributed by atoms with E-state index in [1.807, 2.05) is 30.3 Å². The third-order valence-electron chi connectivity index (χ3n) is 3.73. The summed E-state index contributed by atoms with van der Waals surface area (Å²) < 4.78 is 5.62. The zero-order valence-corrected chi connectivity index (χ0v) is 14.6. The highest BCUT2D eigenvalue weighted by Gasteiger charge is 2.09. The lowest BCUT2D eigenvalue weighted by Crippen LogP contribution is -2.33. The Labute approximate surface area is 145 Å². The number of benzene rings is 2. The van der Waals surface area contributed by atoms with Crippen LogP contribution in [0.4, 0.5) is 0 Å². The van der Waals surface area contributed by atoms with Crippen LogP contribution >= 0.6 is 12.4 Å². The van der Waals surface area contributed by atoms with Crippen LogP contribution in [0.15, 0.2) is 54.6 Å². The number of aliphatic hydroxyl groups excluding tert-OH is 1. The largest absolute Gasteiger partial charge is 0.491 e. The molecule has 0 aliphatic rings. The van der Waals surface area contributed by atoms with Gasteiger partial charge in [-0.15, -0.1) is 12.4 Å². The number of rotatable bonds is 8. The predicted octanol–water partition coefficient (Wildman–Crippen LogP) is 3.76. The maximum Gasteiger partial charge on any atom is 0.119 e. The average Bonchev–Trinajstić information content (AvgIpc) is 2.59. The number of halogens is 1. The molecule has 2 N–H and O–H groups in total. The van der Waals surface area contributed by atoms with Gasteiger partial charge in [0.05, 0.1) is 0 Å². The molecule has 0 saturated carbocycles. The second-order valence-corrected chi connectivity index (χ2v) is 5.50. The molecule has 0 amide bonds. The Morgan fingerprint density at radius 1 is 1.04 bits per heavy atom. The summed E-state index contributed by atoms with van der Waals surface area (Å²) in [5, 5.41) is 13.3. The number of hydrogen-bond donors (Lipinski definition) is 2. The number of nitrogens with one attached hydrogen (secondary N) is 1. The van der Waals surface area contributed by atoms with Crippen LogP contribution in [0.3, 0.4) is 0 Å². The third-order valence-corrected chi connectivity index (χ3v) is 3.73. The van der Waals surface area contributed by atoms with Gasteiger partial charge in [-0.3, -0.25) is 0 Å². The van der Waals surface area contributed by atoms with Crippen LogP contribution in [0.1, 0.15) is 31.0 Å². The molecule has 126 valence electrons. The molecule has 2 aromatic rings. The highest BCUT2D eigenvalue weighted by atomic mass is 35.5. The summed E-state index contributed by atoms with van der Waals surface area (Å²) in [4.78, 5) is 0. The summed E-state index contributed by atoms with van der Waals surface area (Å²) in [6, 6.07) is 18.4. The topological polar surface area (TPSA) is 41.5 Å². The quantitative estimate of drug-likeness (QED) is 0.771. The molecule has 4 heteroatoms. The highest BCUT2D eigenvalue weighted by molar-refractivity contribution is 5.85. The van der Waals surface area contributed by atoms with Gasteiger partial charge in [0.1, 0.15) is 18.5 Å². The number of hydrogen-bond acceptors (Lipinski definition) is 3. The SMILES string of the molecule is CCc1ccc(OCC(O)CNC(C)c2ccccc2)cc1.Cl. The summed E-state index contributed by atoms with van der Waals surface area (Å²) >= 11 is 0. The monoisotopic (exact) mass is 335 g/mol. The fourth-order valence-corrected chi connectivity index (χ4v) is 2.25. The van der Waals surface area contributed by atoms with Crippen LogP contribution < -0.4 is 10.1 Å². The minimum absolute atomic E-state index is 0. The van der Waals surface area contributed by atoms with Gasteiger partial charge >= 0.3 is 0 Å². The van der Waals surface area contributed by atoms with E-state index in [4.69, 9.17) is 4.74 Å². The number of ether oxygens (including phenoxy) is 1. The normalized spacial score (nSPS) is 13.0. The molecular weight excluding hydrogens is 310 g/mol. The van der Waals surface area contributed by atoms with Gasteiger partial charge in [0.15, 0.2) is 0 Å². The Bertz CT molecular complexity index is 545. The molecule has 23 heavy (non-hydrogen) atoms. The molecule has 0 spiro atoms. The van der Waals surface area contributed by atoms with Crippen molar-refractivity contribution in [1.82, 2.24) is 5.32 Å². The minimum atomic E-state index is -0.531. The van der Waals surface area contributed by atoms with Gasteiger partial charge in [0.2, 0.25) is 0 Å². The fourth-order valence-electron chi connectivity index (χ4n) is 2.25. The zero-order chi connectivity index (χ0) is 15.8. The van der Waals surface area contributed by atoms with Crippen LogP contribution in [0.5, 0.6) is 5.75 Å². The van der Waals surface area contributed by atoms with E-state index in [9.17, 15) is 5.11 Å². The molecule has 0 fully saturated rings. The van der Waals surface area contributed by atoms with Crippen LogP contribution in [0.25, 0.3) is 0 Å². The van der Waals surface area contributed by atoms with Crippen molar-refractivity contribution in [3.63, 3.8) is 0 Å². The lowest BCUT2D eigenvalue weighted by Gasteiger charge is -2.18. The van der Waals surface area contributed by atoms with Gasteiger partial charge in [-0.25, -0.2) is 0 Å². The van der Waals surface area contributed by atoms with E-state index >= 15 is 0 Å². The van der Waals surface area contributed by atoms with E-state index in [0.29, 0.717) is 13.2 Å². The van der Waals surface area contributed by atoms with Gasteiger partial charge in [-0.1, -0.05) is 49.4 Å². The van der Waals surface area contributed by atoms with E-state index in [1.54, 1.807) is 0 Å². The maximum absolute atomic E-state index is 10.0. The Kier molecular flexibility index (Phi) is 8.70. The van der Waals surface area contributed by atoms with Gasteiger partial charge in [-0.2, -0.15) is 0 Å². The van der Waals surface area contributed by atoms with Crippen LogP contribution in [-0.2, 0) is 6.42 Å². The molecule has 0 aliphatic carbocycles. The molecule has 2 unspecified atom stereocenters. The van der Waals surface area contributed by atoms with Crippen molar-refractivity contribution < 1.29 is 9.84 Å². The predicted molar refractivity (Wildman–Crippen MR) is 97.4 cm³/mol. The first-order valence-corrected chi connectivity index (χ1v) is 7.87. The van der Waals surface area contributed by atoms with Crippen molar-refractivity contribution in [2.75, 3.05) is 13.2 Å². The minimum Gasteiger partial charge on any atom is -0.491 e. The number of aryl methyl sites for hydroxylation is 1. The van der Waals surface area contributed by atoms with Crippen molar-refractivity contribution >= 4 is 12.4 Å². The highest BCUT2D eigenvalue weighted by Crippen LogP contribution is 2.13. The van der Waals surface area contributed by atoms with Crippen LogP contribution in [0, 0.1) is 0 Å². The van der Waals surface area contributed by atoms with Gasteiger partial charge in [0, 0.05) is 12.6 Å². The van der Waals surface area contributed by atoms with Crippen LogP contribution in [-0.4, -0.2) is 24.4 Å². The molecule has 0 aromatic heterocycles. The first kappa shape index (κ1) is 19.5. The Morgan fingerprint density at radius 3 is 2.30 bits per heavy atom. The first-order valence-electron chi connectivity index (χ1n) is 7.87. The maximum atomic E-state index is 10.0. The van der Waals surface area contributed by atoms with E-state index in [2.05, 4.69) is 43.4 Å². The molecule has 2 atom stereocenters. The summed E-state index contributed by atoms with van der Waals surface area (Å²) in [6.45, 7) is 5.01. The molecule has 0 bridgehead atoms. The van der Waals surface area contributed by atoms with Crippen molar-refractivity contribution in [2.24, 2.45) is 0 Å². The summed E-state index contributed by atoms with van der Waals surface area (Å²) in [5.41, 5.74) is 2.50. The van der Waals surface area contributed by atoms with Crippen LogP contribution in [0.2, 0.25) is 0 Å². The van der Waals surface area contributed by atoms with Crippen molar-refractivity contribution in [2.45, 2.75) is 32.4 Å². The molecule has 0 aliphatic heterocycles. The summed E-state index contributed by atoms with van der Waals surface area (Å²) in [7, 11) is 0. The lowest BCUT2D eigenvalue weighted by atomic mass is 10.1. The zero-order valence-electron chi connectivity index (χ0n) is 13.7. The summed E-state index contributed by atoms with van der Waals surface area (Å²) in [5.74, 6) is 0.798. The molecule has 2 aromatic carbocycles. The molecule has 3 nitrogen and oxygen atoms in total. The lowest BCUT2D eigenvalue weighted by molar-refractivity contribution is 0.104. The molecule has 0 saturated heterocycles. The number of aliphatic hydroxyl groups is 1. The Morgan fingerprint density at radius 2 is 1.70 bits per heavy atom. The molecule has 0 radical (unpaired) electrons. The first-order chi connectivity index (χ1) is 10.7. The van der Waals surface area contributed by atoms with Crippen molar-refractivity contribution in [1.29, 1.82) is 0 Å². The summed E-state index contributed by atoms with van der Waals surface area (Å²) in [6.07, 6.45) is 0.488. The molecule has 0 heterocycles. The van der Waals surface area contributed by atoms with Gasteiger partial charge in [-0.05, 0) is 36.6 Å². The second-order valence-electron chi connectivity index (χ2n) is 5.50. The van der Waals surface area contributed by atoms with Crippen molar-refractivity contribution in [3.8, 4) is 5.75 Å².